The number of aromatic nitrogens is 2. The number of nitrogens with two attached hydrogens (primary N) is 1. The number of halogens is 1. The highest BCUT2D eigenvalue weighted by atomic mass is 79.9. The van der Waals surface area contributed by atoms with Gasteiger partial charge in [-0.25, -0.2) is 14.8 Å². The van der Waals surface area contributed by atoms with Crippen LogP contribution in [0.3, 0.4) is 0 Å². The van der Waals surface area contributed by atoms with Gasteiger partial charge in [0.05, 0.1) is 14.9 Å². The fraction of sp³-hybridized carbons (Fsp3) is 0.360. The van der Waals surface area contributed by atoms with E-state index in [0.717, 1.165) is 70.0 Å². The van der Waals surface area contributed by atoms with Crippen molar-refractivity contribution in [3.8, 4) is 10.6 Å². The molecule has 1 aliphatic carbocycles. The Kier molecular flexibility index (Phi) is 6.61. The molecule has 5 rings (SSSR count). The third-order valence-corrected chi connectivity index (χ3v) is 8.02. The van der Waals surface area contributed by atoms with E-state index in [1.54, 1.807) is 29.7 Å². The molecular formula is C25H26BrN5O3S. The zero-order chi connectivity index (χ0) is 24.6. The smallest absolute Gasteiger partial charge is 0.340 e. The molecule has 3 heterocycles. The lowest BCUT2D eigenvalue weighted by Gasteiger charge is -2.34. The second kappa shape index (κ2) is 9.67. The predicted octanol–water partition coefficient (Wildman–Crippen LogP) is 4.04. The van der Waals surface area contributed by atoms with Gasteiger partial charge in [-0.3, -0.25) is 4.79 Å². The van der Waals surface area contributed by atoms with E-state index in [2.05, 4.69) is 38.1 Å². The molecule has 2 aliphatic rings. The first-order valence-electron chi connectivity index (χ1n) is 11.7. The number of thiophene rings is 1. The van der Waals surface area contributed by atoms with Crippen LogP contribution in [0.5, 0.6) is 0 Å². The van der Waals surface area contributed by atoms with Crippen LogP contribution in [0, 0.1) is 0 Å². The number of nitrogens with zero attached hydrogens (tertiary/aromatic N) is 3. The van der Waals surface area contributed by atoms with E-state index in [9.17, 15) is 9.59 Å². The van der Waals surface area contributed by atoms with E-state index in [4.69, 9.17) is 15.5 Å². The summed E-state index contributed by atoms with van der Waals surface area (Å²) in [5, 5.41) is 4.17. The quantitative estimate of drug-likeness (QED) is 0.318. The van der Waals surface area contributed by atoms with Gasteiger partial charge in [0.25, 0.3) is 5.91 Å². The number of anilines is 1. The molecule has 1 aliphatic heterocycles. The maximum atomic E-state index is 12.9. The van der Waals surface area contributed by atoms with Crippen LogP contribution in [0.4, 0.5) is 5.95 Å². The van der Waals surface area contributed by atoms with Gasteiger partial charge in [0, 0.05) is 28.9 Å². The van der Waals surface area contributed by atoms with Gasteiger partial charge < -0.3 is 20.7 Å². The number of carbonyl (C=O) groups excluding carboxylic acids is 2. The lowest BCUT2D eigenvalue weighted by Crippen LogP contribution is -2.44. The van der Waals surface area contributed by atoms with Gasteiger partial charge in [0.2, 0.25) is 11.5 Å². The molecule has 0 atom stereocenters. The first kappa shape index (κ1) is 23.9. The highest BCUT2D eigenvalue weighted by Gasteiger charge is 2.45. The van der Waals surface area contributed by atoms with Crippen molar-refractivity contribution < 1.29 is 14.3 Å². The van der Waals surface area contributed by atoms with Crippen molar-refractivity contribution in [1.82, 2.24) is 15.3 Å². The fourth-order valence-electron chi connectivity index (χ4n) is 4.40. The van der Waals surface area contributed by atoms with Crippen molar-refractivity contribution in [1.29, 1.82) is 0 Å². The molecule has 10 heteroatoms. The zero-order valence-electron chi connectivity index (χ0n) is 19.3. The number of ether oxygens (including phenoxy) is 1. The van der Waals surface area contributed by atoms with Crippen LogP contribution in [0.1, 0.15) is 36.5 Å². The van der Waals surface area contributed by atoms with Gasteiger partial charge in [0.15, 0.2) is 0 Å². The number of primary amides is 1. The summed E-state index contributed by atoms with van der Waals surface area (Å²) in [6.45, 7) is 5.05. The number of nitrogens with one attached hydrogen (secondary N) is 1. The first-order chi connectivity index (χ1) is 16.9. The summed E-state index contributed by atoms with van der Waals surface area (Å²) in [6.07, 6.45) is 7.90. The van der Waals surface area contributed by atoms with Crippen LogP contribution in [-0.2, 0) is 9.53 Å². The minimum Gasteiger partial charge on any atom is -0.437 e. The summed E-state index contributed by atoms with van der Waals surface area (Å²) in [6, 6.07) is 7.80. The molecule has 0 unspecified atom stereocenters. The second-order valence-electron chi connectivity index (χ2n) is 8.75. The van der Waals surface area contributed by atoms with Crippen molar-refractivity contribution >= 4 is 55.2 Å². The van der Waals surface area contributed by atoms with Crippen LogP contribution < -0.4 is 16.0 Å². The Morgan fingerprint density at radius 2 is 2.09 bits per heavy atom. The molecule has 3 aromatic rings. The van der Waals surface area contributed by atoms with Crippen molar-refractivity contribution in [2.45, 2.75) is 37.8 Å². The van der Waals surface area contributed by atoms with Gasteiger partial charge in [-0.1, -0.05) is 13.0 Å². The zero-order valence-corrected chi connectivity index (χ0v) is 21.7. The van der Waals surface area contributed by atoms with Crippen LogP contribution in [0.15, 0.2) is 47.1 Å². The molecule has 2 aromatic heterocycles. The number of hydrogen-bond donors (Lipinski definition) is 2. The number of carbonyl (C=O) groups is 2. The summed E-state index contributed by atoms with van der Waals surface area (Å²) >= 11 is 5.16. The molecule has 35 heavy (non-hydrogen) atoms. The highest BCUT2D eigenvalue weighted by molar-refractivity contribution is 9.10. The summed E-state index contributed by atoms with van der Waals surface area (Å²) in [4.78, 5) is 37.4. The van der Waals surface area contributed by atoms with Crippen LogP contribution >= 0.6 is 27.3 Å². The van der Waals surface area contributed by atoms with E-state index >= 15 is 0 Å². The van der Waals surface area contributed by atoms with Crippen molar-refractivity contribution in [3.63, 3.8) is 0 Å². The SMILES string of the molecule is CCCN(c1ncc(Br)c(-c2cc3c(C(=O)OC4(C(N)=O)C=C4)cccc3s2)n1)C1CCNCC1. The molecule has 1 amide bonds. The number of hydrogen-bond acceptors (Lipinski definition) is 8. The van der Waals surface area contributed by atoms with E-state index < -0.39 is 17.5 Å². The molecule has 0 radical (unpaired) electrons. The summed E-state index contributed by atoms with van der Waals surface area (Å²) in [5.41, 5.74) is 5.14. The Bertz CT molecular complexity index is 1310. The van der Waals surface area contributed by atoms with Gasteiger partial charge in [-0.15, -0.1) is 11.3 Å². The standard InChI is InChI=1S/C25H26BrN5O3S/c1-2-12-31(15-6-10-28-11-7-15)24-29-14-18(26)21(30-24)20-13-17-16(4-3-5-19(17)35-20)22(32)34-25(8-9-25)23(27)33/h3-5,8-9,13-15,28H,2,6-7,10-12H2,1H3,(H2,27,33). The average molecular weight is 556 g/mol. The fourth-order valence-corrected chi connectivity index (χ4v) is 6.02. The number of fused-ring (bicyclic) bond motifs is 1. The molecule has 182 valence electrons. The lowest BCUT2D eigenvalue weighted by atomic mass is 10.0. The Morgan fingerprint density at radius 3 is 2.77 bits per heavy atom. The van der Waals surface area contributed by atoms with Crippen molar-refractivity contribution in [3.05, 3.63) is 52.7 Å². The molecule has 8 nitrogen and oxygen atoms in total. The van der Waals surface area contributed by atoms with Gasteiger partial charge in [-0.05, 0) is 78.6 Å². The Hall–Kier alpha value is -2.82. The predicted molar refractivity (Wildman–Crippen MR) is 141 cm³/mol. The highest BCUT2D eigenvalue weighted by Crippen LogP contribution is 2.39. The van der Waals surface area contributed by atoms with Crippen molar-refractivity contribution in [2.75, 3.05) is 24.5 Å². The third kappa shape index (κ3) is 4.70. The average Bonchev–Trinajstić information content (AvgIpc) is 3.52. The molecule has 0 bridgehead atoms. The number of benzene rings is 1. The molecule has 0 saturated carbocycles. The van der Waals surface area contributed by atoms with E-state index in [1.807, 2.05) is 12.1 Å². The van der Waals surface area contributed by atoms with Crippen LogP contribution in [0.25, 0.3) is 20.7 Å². The molecule has 0 spiro atoms. The minimum absolute atomic E-state index is 0.382. The Morgan fingerprint density at radius 1 is 1.31 bits per heavy atom. The number of rotatable bonds is 8. The Labute approximate surface area is 215 Å². The Balaban J connectivity index is 1.49. The number of esters is 1. The van der Waals surface area contributed by atoms with E-state index in [0.29, 0.717) is 11.6 Å². The topological polar surface area (TPSA) is 110 Å². The largest absolute Gasteiger partial charge is 0.437 e. The molecule has 1 fully saturated rings. The monoisotopic (exact) mass is 555 g/mol. The molecule has 3 N–H and O–H groups in total. The molecular weight excluding hydrogens is 530 g/mol. The molecule has 1 aromatic carbocycles. The maximum Gasteiger partial charge on any atom is 0.340 e. The van der Waals surface area contributed by atoms with E-state index in [-0.39, 0.29) is 0 Å². The maximum absolute atomic E-state index is 12.9. The third-order valence-electron chi connectivity index (χ3n) is 6.33. The van der Waals surface area contributed by atoms with Crippen LogP contribution in [-0.4, -0.2) is 53.1 Å². The normalized spacial score (nSPS) is 16.9. The number of piperidine rings is 1. The number of amides is 1. The van der Waals surface area contributed by atoms with E-state index in [1.165, 1.54) is 12.2 Å². The summed E-state index contributed by atoms with van der Waals surface area (Å²) in [7, 11) is 0. The van der Waals surface area contributed by atoms with Crippen LogP contribution in [0.2, 0.25) is 0 Å². The summed E-state index contributed by atoms with van der Waals surface area (Å²) < 4.78 is 7.13. The van der Waals surface area contributed by atoms with Gasteiger partial charge in [-0.2, -0.15) is 0 Å². The molecule has 1 saturated heterocycles. The van der Waals surface area contributed by atoms with Gasteiger partial charge in [0.1, 0.15) is 5.69 Å². The summed E-state index contributed by atoms with van der Waals surface area (Å²) in [5.74, 6) is -0.574. The first-order valence-corrected chi connectivity index (χ1v) is 13.3. The lowest BCUT2D eigenvalue weighted by molar-refractivity contribution is -0.127. The minimum atomic E-state index is -1.40. The second-order valence-corrected chi connectivity index (χ2v) is 10.7. The van der Waals surface area contributed by atoms with Crippen molar-refractivity contribution in [2.24, 2.45) is 5.73 Å². The van der Waals surface area contributed by atoms with Gasteiger partial charge >= 0.3 is 5.97 Å².